The summed E-state index contributed by atoms with van der Waals surface area (Å²) in [5.41, 5.74) is 0.327. The molecule has 0 aliphatic rings. The van der Waals surface area contributed by atoms with Crippen LogP contribution in [0.1, 0.15) is 21.1 Å². The van der Waals surface area contributed by atoms with E-state index >= 15 is 0 Å². The Kier molecular flexibility index (Phi) is 8.79. The molecule has 0 aliphatic heterocycles. The molecule has 1 aromatic carbocycles. The summed E-state index contributed by atoms with van der Waals surface area (Å²) in [5.74, 6) is 0.293. The molecule has 2 heterocycles. The van der Waals surface area contributed by atoms with Gasteiger partial charge < -0.3 is 14.8 Å². The van der Waals surface area contributed by atoms with E-state index in [0.29, 0.717) is 43.9 Å². The molecule has 3 rings (SSSR count). The number of benzene rings is 1. The van der Waals surface area contributed by atoms with Crippen molar-refractivity contribution in [3.8, 4) is 5.75 Å². The number of rotatable bonds is 10. The Morgan fingerprint density at radius 2 is 2.09 bits per heavy atom. The number of hydrogen-bond donors (Lipinski definition) is 1. The summed E-state index contributed by atoms with van der Waals surface area (Å²) in [7, 11) is 1.30. The first kappa shape index (κ1) is 25.1. The number of anilines is 1. The Hall–Kier alpha value is -2.53. The lowest BCUT2D eigenvalue weighted by Crippen LogP contribution is -2.16. The van der Waals surface area contributed by atoms with Gasteiger partial charge in [-0.2, -0.15) is 0 Å². The van der Waals surface area contributed by atoms with Crippen LogP contribution < -0.4 is 10.1 Å². The Morgan fingerprint density at radius 1 is 1.30 bits per heavy atom. The average molecular weight is 527 g/mol. The maximum absolute atomic E-state index is 12.5. The van der Waals surface area contributed by atoms with E-state index in [1.54, 1.807) is 34.9 Å². The van der Waals surface area contributed by atoms with Crippen LogP contribution >= 0.6 is 46.3 Å². The number of halogens is 2. The van der Waals surface area contributed by atoms with Gasteiger partial charge in [0.25, 0.3) is 0 Å². The molecule has 8 nitrogen and oxygen atoms in total. The Balaban J connectivity index is 1.65. The van der Waals surface area contributed by atoms with Gasteiger partial charge in [-0.05, 0) is 31.2 Å². The number of nitrogens with zero attached hydrogens (tertiary/aromatic N) is 3. The molecule has 33 heavy (non-hydrogen) atoms. The van der Waals surface area contributed by atoms with E-state index in [1.165, 1.54) is 30.2 Å². The number of aryl methyl sites for hydroxylation is 1. The highest BCUT2D eigenvalue weighted by atomic mass is 35.5. The van der Waals surface area contributed by atoms with Gasteiger partial charge in [-0.1, -0.05) is 41.0 Å². The van der Waals surface area contributed by atoms with Crippen molar-refractivity contribution in [2.45, 2.75) is 25.2 Å². The number of ether oxygens (including phenoxy) is 2. The second-order valence-electron chi connectivity index (χ2n) is 6.59. The molecule has 3 aromatic rings. The van der Waals surface area contributed by atoms with Crippen LogP contribution in [0.4, 0.5) is 5.00 Å². The Bertz CT molecular complexity index is 1180. The molecular formula is C21H20Cl2N4O4S2. The highest BCUT2D eigenvalue weighted by molar-refractivity contribution is 7.99. The van der Waals surface area contributed by atoms with E-state index in [2.05, 4.69) is 22.1 Å². The van der Waals surface area contributed by atoms with E-state index in [4.69, 9.17) is 32.7 Å². The lowest BCUT2D eigenvalue weighted by molar-refractivity contribution is -0.113. The number of nitrogens with one attached hydrogen (secondary N) is 1. The highest BCUT2D eigenvalue weighted by Gasteiger charge is 2.19. The highest BCUT2D eigenvalue weighted by Crippen LogP contribution is 2.30. The molecule has 0 atom stereocenters. The van der Waals surface area contributed by atoms with Crippen molar-refractivity contribution in [3.05, 3.63) is 63.2 Å². The van der Waals surface area contributed by atoms with Crippen LogP contribution in [0.15, 0.2) is 42.1 Å². The zero-order valence-corrected chi connectivity index (χ0v) is 20.9. The number of hydrogen-bond acceptors (Lipinski definition) is 8. The van der Waals surface area contributed by atoms with Gasteiger partial charge in [0.2, 0.25) is 5.91 Å². The molecule has 0 bridgehead atoms. The lowest BCUT2D eigenvalue weighted by Gasteiger charge is -2.10. The zero-order chi connectivity index (χ0) is 24.0. The molecular weight excluding hydrogens is 507 g/mol. The fourth-order valence-electron chi connectivity index (χ4n) is 2.74. The third-order valence-corrected chi connectivity index (χ3v) is 6.66. The van der Waals surface area contributed by atoms with Crippen molar-refractivity contribution in [2.24, 2.45) is 0 Å². The van der Waals surface area contributed by atoms with Crippen LogP contribution in [0, 0.1) is 6.92 Å². The molecule has 0 saturated heterocycles. The van der Waals surface area contributed by atoms with Crippen molar-refractivity contribution in [1.82, 2.24) is 14.8 Å². The summed E-state index contributed by atoms with van der Waals surface area (Å²) >= 11 is 14.6. The second-order valence-corrected chi connectivity index (χ2v) is 9.63. The topological polar surface area (TPSA) is 95.3 Å². The normalized spacial score (nSPS) is 10.7. The van der Waals surface area contributed by atoms with Crippen LogP contribution in [-0.2, 0) is 22.7 Å². The monoisotopic (exact) mass is 526 g/mol. The van der Waals surface area contributed by atoms with E-state index in [0.717, 1.165) is 4.88 Å². The molecule has 1 amide bonds. The van der Waals surface area contributed by atoms with Crippen LogP contribution in [-0.4, -0.2) is 39.5 Å². The minimum atomic E-state index is -0.501. The van der Waals surface area contributed by atoms with Gasteiger partial charge in [0.05, 0.1) is 23.4 Å². The molecule has 0 fully saturated rings. The predicted molar refractivity (Wildman–Crippen MR) is 131 cm³/mol. The first-order chi connectivity index (χ1) is 15.8. The molecule has 0 unspecified atom stereocenters. The summed E-state index contributed by atoms with van der Waals surface area (Å²) in [4.78, 5) is 25.3. The van der Waals surface area contributed by atoms with Crippen LogP contribution in [0.2, 0.25) is 10.0 Å². The van der Waals surface area contributed by atoms with E-state index < -0.39 is 5.97 Å². The zero-order valence-electron chi connectivity index (χ0n) is 17.8. The molecule has 0 radical (unpaired) electrons. The van der Waals surface area contributed by atoms with Crippen LogP contribution in [0.5, 0.6) is 5.75 Å². The summed E-state index contributed by atoms with van der Waals surface area (Å²) in [6.45, 7) is 6.16. The minimum Gasteiger partial charge on any atom is -0.484 e. The number of amides is 1. The molecule has 1 N–H and O–H groups in total. The van der Waals surface area contributed by atoms with Crippen molar-refractivity contribution < 1.29 is 19.1 Å². The van der Waals surface area contributed by atoms with E-state index in [1.807, 2.05) is 6.92 Å². The van der Waals surface area contributed by atoms with Gasteiger partial charge in [-0.15, -0.1) is 28.1 Å². The summed E-state index contributed by atoms with van der Waals surface area (Å²) in [6, 6.07) is 6.62. The quantitative estimate of drug-likeness (QED) is 0.219. The van der Waals surface area contributed by atoms with Crippen LogP contribution in [0.3, 0.4) is 0 Å². The fraction of sp³-hybridized carbons (Fsp3) is 0.238. The van der Waals surface area contributed by atoms with Gasteiger partial charge in [-0.25, -0.2) is 4.79 Å². The number of carbonyl (C=O) groups is 2. The standard InChI is InChI=1S/C21H20Cl2N4O4S2/c1-4-7-27-17(10-31-16-6-5-13(22)9-15(16)23)25-26-21(27)32-11-18(28)24-19-14(20(29)30-3)8-12(2)33-19/h4-6,8-9H,1,7,10-11H2,2-3H3,(H,24,28). The number of carbonyl (C=O) groups excluding carboxylic acids is 2. The van der Waals surface area contributed by atoms with Crippen molar-refractivity contribution in [1.29, 1.82) is 0 Å². The van der Waals surface area contributed by atoms with Gasteiger partial charge in [0, 0.05) is 16.4 Å². The van der Waals surface area contributed by atoms with E-state index in [9.17, 15) is 9.59 Å². The maximum Gasteiger partial charge on any atom is 0.340 e. The molecule has 0 saturated carbocycles. The summed E-state index contributed by atoms with van der Waals surface area (Å²) in [6.07, 6.45) is 1.70. The third-order valence-electron chi connectivity index (χ3n) is 4.20. The average Bonchev–Trinajstić information content (AvgIpc) is 3.34. The van der Waals surface area contributed by atoms with Gasteiger partial charge >= 0.3 is 5.97 Å². The van der Waals surface area contributed by atoms with Gasteiger partial charge in [0.15, 0.2) is 11.0 Å². The van der Waals surface area contributed by atoms with E-state index in [-0.39, 0.29) is 18.3 Å². The SMILES string of the molecule is C=CCn1c(COc2ccc(Cl)cc2Cl)nnc1SCC(=O)Nc1sc(C)cc1C(=O)OC. The molecule has 174 valence electrons. The Morgan fingerprint density at radius 3 is 2.79 bits per heavy atom. The number of allylic oxidation sites excluding steroid dienone is 1. The number of methoxy groups -OCH3 is 1. The molecule has 0 aliphatic carbocycles. The maximum atomic E-state index is 12.5. The molecule has 2 aromatic heterocycles. The lowest BCUT2D eigenvalue weighted by atomic mass is 10.3. The number of aromatic nitrogens is 3. The van der Waals surface area contributed by atoms with Gasteiger partial charge in [0.1, 0.15) is 17.4 Å². The number of thioether (sulfide) groups is 1. The first-order valence-corrected chi connectivity index (χ1v) is 12.1. The van der Waals surface area contributed by atoms with Crippen molar-refractivity contribution in [2.75, 3.05) is 18.2 Å². The predicted octanol–water partition coefficient (Wildman–Crippen LogP) is 5.24. The van der Waals surface area contributed by atoms with Crippen molar-refractivity contribution >= 4 is 63.2 Å². The first-order valence-electron chi connectivity index (χ1n) is 9.54. The minimum absolute atomic E-state index is 0.0662. The van der Waals surface area contributed by atoms with Crippen LogP contribution in [0.25, 0.3) is 0 Å². The van der Waals surface area contributed by atoms with Crippen molar-refractivity contribution in [3.63, 3.8) is 0 Å². The largest absolute Gasteiger partial charge is 0.484 e. The third kappa shape index (κ3) is 6.50. The fourth-order valence-corrected chi connectivity index (χ4v) is 4.89. The Labute approximate surface area is 208 Å². The summed E-state index contributed by atoms with van der Waals surface area (Å²) < 4.78 is 12.3. The van der Waals surface area contributed by atoms with Gasteiger partial charge in [-0.3, -0.25) is 9.36 Å². The number of esters is 1. The molecule has 0 spiro atoms. The summed E-state index contributed by atoms with van der Waals surface area (Å²) in [5, 5.41) is 13.0. The second kappa shape index (κ2) is 11.6. The molecule has 12 heteroatoms. The number of thiophene rings is 1. The smallest absolute Gasteiger partial charge is 0.340 e.